The van der Waals surface area contributed by atoms with Crippen molar-refractivity contribution in [2.24, 2.45) is 0 Å². The van der Waals surface area contributed by atoms with Crippen molar-refractivity contribution >= 4 is 29.8 Å². The van der Waals surface area contributed by atoms with Crippen LogP contribution < -0.4 is 10.6 Å². The Kier molecular flexibility index (Phi) is 5.94. The molecule has 11 heteroatoms. The summed E-state index contributed by atoms with van der Waals surface area (Å²) in [4.78, 5) is 62.6. The summed E-state index contributed by atoms with van der Waals surface area (Å²) in [5.41, 5.74) is 0.507. The van der Waals surface area contributed by atoms with Crippen LogP contribution in [0.2, 0.25) is 0 Å². The smallest absolute Gasteiger partial charge is 0.338 e. The largest absolute Gasteiger partial charge is 0.467 e. The summed E-state index contributed by atoms with van der Waals surface area (Å²) in [6.45, 7) is 1.29. The summed E-state index contributed by atoms with van der Waals surface area (Å²) in [5, 5.41) is 4.88. The number of carbonyl (C=O) groups excluding carboxylic acids is 5. The fraction of sp³-hybridized carbons (Fsp3) is 0.227. The number of amides is 4. The minimum Gasteiger partial charge on any atom is -0.467 e. The van der Waals surface area contributed by atoms with E-state index in [0.717, 1.165) is 4.90 Å². The van der Waals surface area contributed by atoms with Gasteiger partial charge >= 0.3 is 18.0 Å². The van der Waals surface area contributed by atoms with Gasteiger partial charge in [-0.1, -0.05) is 0 Å². The van der Waals surface area contributed by atoms with Crippen molar-refractivity contribution in [1.82, 2.24) is 15.5 Å². The Labute approximate surface area is 187 Å². The van der Waals surface area contributed by atoms with Crippen LogP contribution in [0.3, 0.4) is 0 Å². The summed E-state index contributed by atoms with van der Waals surface area (Å²) in [6, 6.07) is 6.77. The summed E-state index contributed by atoms with van der Waals surface area (Å²) in [5.74, 6) is -2.05. The molecule has 170 valence electrons. The topological polar surface area (TPSA) is 144 Å². The first-order valence-electron chi connectivity index (χ1n) is 10.0. The van der Waals surface area contributed by atoms with Crippen molar-refractivity contribution in [3.05, 3.63) is 70.3 Å². The average molecular weight is 453 g/mol. The Morgan fingerprint density at radius 2 is 1.85 bits per heavy atom. The second-order valence-corrected chi connectivity index (χ2v) is 7.10. The second-order valence-electron chi connectivity index (χ2n) is 7.10. The Hall–Kier alpha value is -4.41. The van der Waals surface area contributed by atoms with Gasteiger partial charge in [0.05, 0.1) is 53.9 Å². The third kappa shape index (κ3) is 4.33. The molecular formula is C22H19N3O8. The summed E-state index contributed by atoms with van der Waals surface area (Å²) >= 11 is 0. The van der Waals surface area contributed by atoms with E-state index in [1.165, 1.54) is 24.5 Å². The fourth-order valence-electron chi connectivity index (χ4n) is 3.41. The number of esters is 2. The fourth-order valence-corrected chi connectivity index (χ4v) is 3.41. The standard InChI is InChI=1S/C22H19N3O8/c1-2-31-21(29)16-9-23-22(30)24-17(16)11-33-20(28)12-5-6-14-15(8-12)19(27)25(18(14)26)10-13-4-3-7-32-13/h3-8H,2,9-11H2,1H3,(H2,23,24,30). The molecule has 4 amide bonds. The van der Waals surface area contributed by atoms with Crippen molar-refractivity contribution < 1.29 is 37.9 Å². The molecule has 0 spiro atoms. The van der Waals surface area contributed by atoms with E-state index in [-0.39, 0.29) is 47.7 Å². The zero-order valence-corrected chi connectivity index (χ0v) is 17.5. The highest BCUT2D eigenvalue weighted by molar-refractivity contribution is 6.21. The van der Waals surface area contributed by atoms with E-state index >= 15 is 0 Å². The van der Waals surface area contributed by atoms with Crippen LogP contribution in [-0.4, -0.2) is 54.4 Å². The van der Waals surface area contributed by atoms with Crippen LogP contribution in [0.4, 0.5) is 4.79 Å². The number of hydrogen-bond donors (Lipinski definition) is 2. The first-order valence-corrected chi connectivity index (χ1v) is 10.0. The lowest BCUT2D eigenvalue weighted by atomic mass is 10.1. The SMILES string of the molecule is CCOC(=O)C1=C(COC(=O)c2ccc3c(c2)C(=O)N(Cc2ccco2)C3=O)NC(=O)NC1. The first-order chi connectivity index (χ1) is 15.9. The minimum atomic E-state index is -0.800. The highest BCUT2D eigenvalue weighted by Gasteiger charge is 2.36. The van der Waals surface area contributed by atoms with Gasteiger partial charge in [0.1, 0.15) is 12.4 Å². The lowest BCUT2D eigenvalue weighted by Crippen LogP contribution is -2.45. The highest BCUT2D eigenvalue weighted by Crippen LogP contribution is 2.26. The molecule has 0 radical (unpaired) electrons. The highest BCUT2D eigenvalue weighted by atomic mass is 16.5. The van der Waals surface area contributed by atoms with Crippen molar-refractivity contribution in [3.8, 4) is 0 Å². The lowest BCUT2D eigenvalue weighted by molar-refractivity contribution is -0.138. The molecule has 3 heterocycles. The number of ether oxygens (including phenoxy) is 2. The second kappa shape index (κ2) is 8.99. The number of hydrogen-bond acceptors (Lipinski definition) is 8. The molecule has 0 atom stereocenters. The van der Waals surface area contributed by atoms with Crippen LogP contribution in [0.1, 0.15) is 43.8 Å². The van der Waals surface area contributed by atoms with E-state index in [1.54, 1.807) is 19.1 Å². The molecule has 33 heavy (non-hydrogen) atoms. The van der Waals surface area contributed by atoms with Crippen LogP contribution in [0.25, 0.3) is 0 Å². The van der Waals surface area contributed by atoms with Gasteiger partial charge in [0, 0.05) is 0 Å². The number of nitrogens with zero attached hydrogens (tertiary/aromatic N) is 1. The molecule has 0 bridgehead atoms. The maximum Gasteiger partial charge on any atom is 0.338 e. The van der Waals surface area contributed by atoms with Crippen LogP contribution in [-0.2, 0) is 20.8 Å². The first kappa shape index (κ1) is 21.8. The molecule has 0 aliphatic carbocycles. The molecule has 2 aromatic rings. The van der Waals surface area contributed by atoms with Crippen LogP contribution >= 0.6 is 0 Å². The Morgan fingerprint density at radius 1 is 1.06 bits per heavy atom. The summed E-state index contributed by atoms with van der Waals surface area (Å²) in [6.07, 6.45) is 1.44. The van der Waals surface area contributed by atoms with E-state index in [4.69, 9.17) is 13.9 Å². The third-order valence-electron chi connectivity index (χ3n) is 5.02. The summed E-state index contributed by atoms with van der Waals surface area (Å²) < 4.78 is 15.4. The van der Waals surface area contributed by atoms with Gasteiger partial charge in [0.25, 0.3) is 11.8 Å². The number of urea groups is 1. The van der Waals surface area contributed by atoms with Gasteiger partial charge in [0.15, 0.2) is 0 Å². The third-order valence-corrected chi connectivity index (χ3v) is 5.02. The zero-order valence-electron chi connectivity index (χ0n) is 17.5. The monoisotopic (exact) mass is 453 g/mol. The van der Waals surface area contributed by atoms with Gasteiger partial charge in [0.2, 0.25) is 0 Å². The quantitative estimate of drug-likeness (QED) is 0.472. The summed E-state index contributed by atoms with van der Waals surface area (Å²) in [7, 11) is 0. The number of nitrogens with one attached hydrogen (secondary N) is 2. The van der Waals surface area contributed by atoms with Gasteiger partial charge in [-0.25, -0.2) is 14.4 Å². The van der Waals surface area contributed by atoms with E-state index in [2.05, 4.69) is 10.6 Å². The van der Waals surface area contributed by atoms with Gasteiger partial charge in [-0.05, 0) is 37.3 Å². The van der Waals surface area contributed by atoms with E-state index in [1.807, 2.05) is 0 Å². The molecule has 1 aromatic carbocycles. The number of benzene rings is 1. The molecule has 2 N–H and O–H groups in total. The van der Waals surface area contributed by atoms with Crippen LogP contribution in [0.15, 0.2) is 52.3 Å². The molecule has 0 saturated carbocycles. The van der Waals surface area contributed by atoms with Gasteiger partial charge in [-0.15, -0.1) is 0 Å². The predicted molar refractivity (Wildman–Crippen MR) is 110 cm³/mol. The number of fused-ring (bicyclic) bond motifs is 1. The van der Waals surface area contributed by atoms with Gasteiger partial charge in [-0.2, -0.15) is 0 Å². The molecule has 0 fully saturated rings. The number of furan rings is 1. The number of rotatable bonds is 7. The molecule has 11 nitrogen and oxygen atoms in total. The predicted octanol–water partition coefficient (Wildman–Crippen LogP) is 1.36. The lowest BCUT2D eigenvalue weighted by Gasteiger charge is -2.21. The maximum absolute atomic E-state index is 12.7. The molecule has 1 aromatic heterocycles. The molecule has 0 saturated heterocycles. The minimum absolute atomic E-state index is 0.0301. The molecule has 2 aliphatic rings. The molecule has 4 rings (SSSR count). The van der Waals surface area contributed by atoms with Gasteiger partial charge < -0.3 is 24.5 Å². The maximum atomic E-state index is 12.7. The van der Waals surface area contributed by atoms with E-state index in [9.17, 15) is 24.0 Å². The van der Waals surface area contributed by atoms with Crippen molar-refractivity contribution in [2.45, 2.75) is 13.5 Å². The number of imide groups is 1. The Balaban J connectivity index is 1.49. The van der Waals surface area contributed by atoms with Crippen LogP contribution in [0, 0.1) is 0 Å². The van der Waals surface area contributed by atoms with E-state index in [0.29, 0.717) is 5.76 Å². The molecule has 2 aliphatic heterocycles. The van der Waals surface area contributed by atoms with E-state index < -0.39 is 36.4 Å². The average Bonchev–Trinajstić information content (AvgIpc) is 3.40. The van der Waals surface area contributed by atoms with Crippen molar-refractivity contribution in [3.63, 3.8) is 0 Å². The van der Waals surface area contributed by atoms with Crippen molar-refractivity contribution in [2.75, 3.05) is 19.8 Å². The Morgan fingerprint density at radius 3 is 2.58 bits per heavy atom. The molecular weight excluding hydrogens is 434 g/mol. The zero-order chi connectivity index (χ0) is 23.5. The Bertz CT molecular complexity index is 1180. The normalized spacial score (nSPS) is 15.2. The van der Waals surface area contributed by atoms with Crippen molar-refractivity contribution in [1.29, 1.82) is 0 Å². The molecule has 0 unspecified atom stereocenters. The van der Waals surface area contributed by atoms with Crippen LogP contribution in [0.5, 0.6) is 0 Å². The number of carbonyl (C=O) groups is 5. The van der Waals surface area contributed by atoms with Gasteiger partial charge in [-0.3, -0.25) is 14.5 Å².